The molecule has 0 radical (unpaired) electrons. The van der Waals surface area contributed by atoms with Crippen LogP contribution in [-0.2, 0) is 4.79 Å². The third-order valence-electron chi connectivity index (χ3n) is 3.54. The van der Waals surface area contributed by atoms with E-state index in [2.05, 4.69) is 25.6 Å². The summed E-state index contributed by atoms with van der Waals surface area (Å²) in [6, 6.07) is 12.1. The van der Waals surface area contributed by atoms with Crippen molar-refractivity contribution < 1.29 is 27.4 Å². The summed E-state index contributed by atoms with van der Waals surface area (Å²) in [5.41, 5.74) is 0.962. The number of benzene rings is 2. The highest BCUT2D eigenvalue weighted by molar-refractivity contribution is 7.99. The Morgan fingerprint density at radius 1 is 1.17 bits per heavy atom. The fraction of sp³-hybridized carbons (Fsp3) is 0.222. The fourth-order valence-corrected chi connectivity index (χ4v) is 3.08. The van der Waals surface area contributed by atoms with E-state index in [1.807, 2.05) is 19.1 Å². The maximum atomic E-state index is 12.2. The SMILES string of the molecule is CCOc1ccccc1-n1nnnc1SCC(=O)Nc1ccc(OC(F)(F)F)cc1. The lowest BCUT2D eigenvalue weighted by molar-refractivity contribution is -0.274. The van der Waals surface area contributed by atoms with E-state index >= 15 is 0 Å². The predicted octanol–water partition coefficient (Wildman–Crippen LogP) is 3.69. The minimum absolute atomic E-state index is 0.0159. The Morgan fingerprint density at radius 2 is 1.90 bits per heavy atom. The van der Waals surface area contributed by atoms with Gasteiger partial charge in [0.15, 0.2) is 0 Å². The normalized spacial score (nSPS) is 11.2. The standard InChI is InChI=1S/C18H16F3N5O3S/c1-2-28-15-6-4-3-5-14(15)26-17(23-24-25-26)30-11-16(27)22-12-7-9-13(10-8-12)29-18(19,20)21/h3-10H,2,11H2,1H3,(H,22,27). The maximum Gasteiger partial charge on any atom is 0.573 e. The third kappa shape index (κ3) is 5.86. The smallest absolute Gasteiger partial charge is 0.492 e. The number of hydrogen-bond donors (Lipinski definition) is 1. The number of hydrogen-bond acceptors (Lipinski definition) is 7. The number of nitrogens with one attached hydrogen (secondary N) is 1. The van der Waals surface area contributed by atoms with E-state index < -0.39 is 6.36 Å². The van der Waals surface area contributed by atoms with Crippen LogP contribution in [0.4, 0.5) is 18.9 Å². The summed E-state index contributed by atoms with van der Waals surface area (Å²) >= 11 is 1.10. The number of thioether (sulfide) groups is 1. The molecule has 0 saturated carbocycles. The van der Waals surface area contributed by atoms with Crippen LogP contribution in [-0.4, -0.2) is 44.8 Å². The molecule has 0 fully saturated rings. The molecule has 0 aliphatic rings. The van der Waals surface area contributed by atoms with Gasteiger partial charge in [0, 0.05) is 5.69 Å². The van der Waals surface area contributed by atoms with E-state index in [9.17, 15) is 18.0 Å². The Labute approximate surface area is 173 Å². The average Bonchev–Trinajstić information content (AvgIpc) is 3.16. The summed E-state index contributed by atoms with van der Waals surface area (Å²) < 4.78 is 47.4. The molecule has 0 bridgehead atoms. The van der Waals surface area contributed by atoms with Crippen molar-refractivity contribution in [2.24, 2.45) is 0 Å². The Hall–Kier alpha value is -3.28. The van der Waals surface area contributed by atoms with Crippen LogP contribution in [0.3, 0.4) is 0 Å². The lowest BCUT2D eigenvalue weighted by Gasteiger charge is -2.11. The van der Waals surface area contributed by atoms with E-state index in [4.69, 9.17) is 4.74 Å². The van der Waals surface area contributed by atoms with E-state index in [0.29, 0.717) is 28.9 Å². The number of alkyl halides is 3. The van der Waals surface area contributed by atoms with E-state index in [1.165, 1.54) is 16.8 Å². The number of halogens is 3. The van der Waals surface area contributed by atoms with Crippen molar-refractivity contribution in [3.63, 3.8) is 0 Å². The third-order valence-corrected chi connectivity index (χ3v) is 4.46. The van der Waals surface area contributed by atoms with E-state index in [-0.39, 0.29) is 17.4 Å². The predicted molar refractivity (Wildman–Crippen MR) is 103 cm³/mol. The summed E-state index contributed by atoms with van der Waals surface area (Å²) in [6.45, 7) is 2.33. The number of carbonyl (C=O) groups excluding carboxylic acids is 1. The van der Waals surface area contributed by atoms with Crippen LogP contribution in [0.25, 0.3) is 5.69 Å². The maximum absolute atomic E-state index is 12.2. The Balaban J connectivity index is 1.61. The van der Waals surface area contributed by atoms with Crippen LogP contribution in [0.5, 0.6) is 11.5 Å². The van der Waals surface area contributed by atoms with Crippen molar-refractivity contribution in [2.45, 2.75) is 18.4 Å². The molecule has 1 amide bonds. The van der Waals surface area contributed by atoms with Crippen molar-refractivity contribution in [2.75, 3.05) is 17.7 Å². The molecule has 0 saturated heterocycles. The molecule has 1 heterocycles. The minimum Gasteiger partial charge on any atom is -0.492 e. The molecule has 30 heavy (non-hydrogen) atoms. The molecular weight excluding hydrogens is 423 g/mol. The van der Waals surface area contributed by atoms with Gasteiger partial charge in [-0.1, -0.05) is 23.9 Å². The van der Waals surface area contributed by atoms with Crippen molar-refractivity contribution in [3.05, 3.63) is 48.5 Å². The lowest BCUT2D eigenvalue weighted by Crippen LogP contribution is -2.17. The van der Waals surface area contributed by atoms with Crippen LogP contribution in [0.1, 0.15) is 6.92 Å². The average molecular weight is 439 g/mol. The van der Waals surface area contributed by atoms with Gasteiger partial charge in [-0.25, -0.2) is 0 Å². The zero-order chi connectivity index (χ0) is 21.6. The van der Waals surface area contributed by atoms with Gasteiger partial charge < -0.3 is 14.8 Å². The number of tetrazole rings is 1. The Bertz CT molecular complexity index is 995. The van der Waals surface area contributed by atoms with Gasteiger partial charge in [-0.2, -0.15) is 4.68 Å². The van der Waals surface area contributed by atoms with Gasteiger partial charge in [0.25, 0.3) is 0 Å². The molecular formula is C18H16F3N5O3S. The van der Waals surface area contributed by atoms with Gasteiger partial charge >= 0.3 is 6.36 Å². The summed E-state index contributed by atoms with van der Waals surface area (Å²) in [5, 5.41) is 14.5. The number of anilines is 1. The zero-order valence-electron chi connectivity index (χ0n) is 15.6. The summed E-state index contributed by atoms with van der Waals surface area (Å²) in [4.78, 5) is 12.2. The van der Waals surface area contributed by atoms with Gasteiger partial charge in [0.1, 0.15) is 17.2 Å². The number of carbonyl (C=O) groups is 1. The van der Waals surface area contributed by atoms with Crippen LogP contribution in [0.2, 0.25) is 0 Å². The fourth-order valence-electron chi connectivity index (χ4n) is 2.40. The second-order valence-electron chi connectivity index (χ2n) is 5.68. The minimum atomic E-state index is -4.77. The number of rotatable bonds is 8. The number of ether oxygens (including phenoxy) is 2. The number of amides is 1. The molecule has 3 aromatic rings. The van der Waals surface area contributed by atoms with Crippen LogP contribution >= 0.6 is 11.8 Å². The molecule has 8 nitrogen and oxygen atoms in total. The molecule has 0 aliphatic carbocycles. The van der Waals surface area contributed by atoms with Crippen molar-refractivity contribution in [3.8, 4) is 17.2 Å². The number of aromatic nitrogens is 4. The van der Waals surface area contributed by atoms with Gasteiger partial charge in [-0.05, 0) is 53.7 Å². The molecule has 1 aromatic heterocycles. The first-order valence-electron chi connectivity index (χ1n) is 8.65. The second kappa shape index (κ2) is 9.48. The van der Waals surface area contributed by atoms with Gasteiger partial charge in [0.05, 0.1) is 12.4 Å². The highest BCUT2D eigenvalue weighted by Gasteiger charge is 2.31. The summed E-state index contributed by atoms with van der Waals surface area (Å²) in [5.74, 6) is -0.170. The molecule has 0 atom stereocenters. The zero-order valence-corrected chi connectivity index (χ0v) is 16.4. The van der Waals surface area contributed by atoms with Gasteiger partial charge in [0.2, 0.25) is 11.1 Å². The van der Waals surface area contributed by atoms with Crippen LogP contribution in [0, 0.1) is 0 Å². The van der Waals surface area contributed by atoms with Crippen molar-refractivity contribution in [1.29, 1.82) is 0 Å². The molecule has 1 N–H and O–H groups in total. The van der Waals surface area contributed by atoms with Crippen LogP contribution in [0.15, 0.2) is 53.7 Å². The first-order chi connectivity index (χ1) is 14.4. The highest BCUT2D eigenvalue weighted by atomic mass is 32.2. The van der Waals surface area contributed by atoms with E-state index in [0.717, 1.165) is 23.9 Å². The van der Waals surface area contributed by atoms with Crippen molar-refractivity contribution >= 4 is 23.4 Å². The first-order valence-corrected chi connectivity index (χ1v) is 9.63. The molecule has 0 aliphatic heterocycles. The largest absolute Gasteiger partial charge is 0.573 e. The van der Waals surface area contributed by atoms with Crippen molar-refractivity contribution in [1.82, 2.24) is 20.2 Å². The number of nitrogens with zero attached hydrogens (tertiary/aromatic N) is 4. The molecule has 3 rings (SSSR count). The van der Waals surface area contributed by atoms with Crippen LogP contribution < -0.4 is 14.8 Å². The lowest BCUT2D eigenvalue weighted by atomic mass is 10.3. The monoisotopic (exact) mass is 439 g/mol. The summed E-state index contributed by atoms with van der Waals surface area (Å²) in [7, 11) is 0. The molecule has 0 unspecified atom stereocenters. The number of para-hydroxylation sites is 2. The van der Waals surface area contributed by atoms with Gasteiger partial charge in [-0.15, -0.1) is 18.3 Å². The summed E-state index contributed by atoms with van der Waals surface area (Å²) in [6.07, 6.45) is -4.77. The first kappa shape index (κ1) is 21.4. The molecule has 12 heteroatoms. The van der Waals surface area contributed by atoms with E-state index in [1.54, 1.807) is 12.1 Å². The quantitative estimate of drug-likeness (QED) is 0.535. The Kier molecular flexibility index (Phi) is 6.77. The van der Waals surface area contributed by atoms with Gasteiger partial charge in [-0.3, -0.25) is 4.79 Å². The molecule has 0 spiro atoms. The topological polar surface area (TPSA) is 91.2 Å². The second-order valence-corrected chi connectivity index (χ2v) is 6.63. The molecule has 2 aromatic carbocycles. The molecule has 158 valence electrons. The Morgan fingerprint density at radius 3 is 2.60 bits per heavy atom. The highest BCUT2D eigenvalue weighted by Crippen LogP contribution is 2.26.